The molecule has 0 saturated carbocycles. The van der Waals surface area contributed by atoms with E-state index in [4.69, 9.17) is 11.6 Å². The summed E-state index contributed by atoms with van der Waals surface area (Å²) in [7, 11) is 0. The SMILES string of the molecule is Cc1cc(O)c(C2NNC3C(=O)N(Cc4cccnc4)C(c4cccc(Br)c4)C32)cc1Cl. The first-order valence-electron chi connectivity index (χ1n) is 10.4. The van der Waals surface area contributed by atoms with Gasteiger partial charge in [0.15, 0.2) is 0 Å². The fraction of sp³-hybridized carbons (Fsp3) is 0.250. The molecule has 0 radical (unpaired) electrons. The first-order chi connectivity index (χ1) is 15.4. The van der Waals surface area contributed by atoms with Gasteiger partial charge in [0.05, 0.1) is 12.1 Å². The smallest absolute Gasteiger partial charge is 0.242 e. The molecule has 2 aliphatic heterocycles. The topological polar surface area (TPSA) is 77.5 Å². The highest BCUT2D eigenvalue weighted by Crippen LogP contribution is 2.49. The summed E-state index contributed by atoms with van der Waals surface area (Å²) in [5.41, 5.74) is 9.91. The molecule has 1 aromatic heterocycles. The molecule has 2 aromatic carbocycles. The molecule has 2 aliphatic rings. The highest BCUT2D eigenvalue weighted by Gasteiger charge is 2.55. The first-order valence-corrected chi connectivity index (χ1v) is 11.6. The Hall–Kier alpha value is -2.45. The molecule has 3 heterocycles. The fourth-order valence-electron chi connectivity index (χ4n) is 4.85. The molecular formula is C24H22BrClN4O2. The number of phenolic OH excluding ortho intramolecular Hbond substituents is 1. The zero-order valence-electron chi connectivity index (χ0n) is 17.3. The van der Waals surface area contributed by atoms with E-state index in [0.717, 1.165) is 21.2 Å². The van der Waals surface area contributed by atoms with Gasteiger partial charge in [0.1, 0.15) is 11.8 Å². The number of carbonyl (C=O) groups excluding carboxylic acids is 1. The van der Waals surface area contributed by atoms with E-state index >= 15 is 0 Å². The van der Waals surface area contributed by atoms with E-state index in [9.17, 15) is 9.90 Å². The third-order valence-electron chi connectivity index (χ3n) is 6.32. The lowest BCUT2D eigenvalue weighted by Gasteiger charge is -2.31. The second kappa shape index (κ2) is 8.48. The summed E-state index contributed by atoms with van der Waals surface area (Å²) in [5, 5.41) is 11.3. The Morgan fingerprint density at radius 2 is 1.97 bits per heavy atom. The van der Waals surface area contributed by atoms with Crippen molar-refractivity contribution in [3.8, 4) is 5.75 Å². The number of rotatable bonds is 4. The summed E-state index contributed by atoms with van der Waals surface area (Å²) < 4.78 is 0.948. The number of aromatic nitrogens is 1. The van der Waals surface area contributed by atoms with Gasteiger partial charge in [-0.25, -0.2) is 10.9 Å². The van der Waals surface area contributed by atoms with Crippen molar-refractivity contribution in [3.05, 3.63) is 92.7 Å². The number of hydrogen-bond acceptors (Lipinski definition) is 5. The quantitative estimate of drug-likeness (QED) is 0.481. The van der Waals surface area contributed by atoms with Gasteiger partial charge in [0.2, 0.25) is 5.91 Å². The van der Waals surface area contributed by atoms with Gasteiger partial charge in [-0.1, -0.05) is 45.7 Å². The Bertz CT molecular complexity index is 1180. The van der Waals surface area contributed by atoms with Crippen LogP contribution in [0.4, 0.5) is 0 Å². The average molecular weight is 514 g/mol. The lowest BCUT2D eigenvalue weighted by molar-refractivity contribution is -0.131. The molecule has 164 valence electrons. The van der Waals surface area contributed by atoms with Crippen LogP contribution in [0.15, 0.2) is 65.4 Å². The van der Waals surface area contributed by atoms with Crippen LogP contribution in [-0.2, 0) is 11.3 Å². The van der Waals surface area contributed by atoms with Crippen LogP contribution in [0.5, 0.6) is 5.75 Å². The van der Waals surface area contributed by atoms with Gasteiger partial charge in [-0.2, -0.15) is 0 Å². The molecule has 3 aromatic rings. The van der Waals surface area contributed by atoms with Crippen molar-refractivity contribution in [1.82, 2.24) is 20.7 Å². The predicted octanol–water partition coefficient (Wildman–Crippen LogP) is 4.43. The maximum atomic E-state index is 13.5. The Morgan fingerprint density at radius 1 is 1.16 bits per heavy atom. The third-order valence-corrected chi connectivity index (χ3v) is 7.22. The Balaban J connectivity index is 1.60. The number of fused-ring (bicyclic) bond motifs is 1. The Kier molecular flexibility index (Phi) is 5.67. The molecule has 0 aliphatic carbocycles. The number of likely N-dealkylation sites (tertiary alicyclic amines) is 1. The van der Waals surface area contributed by atoms with Crippen molar-refractivity contribution in [2.24, 2.45) is 5.92 Å². The second-order valence-electron chi connectivity index (χ2n) is 8.31. The highest BCUT2D eigenvalue weighted by atomic mass is 79.9. The van der Waals surface area contributed by atoms with Crippen molar-refractivity contribution in [2.45, 2.75) is 31.6 Å². The van der Waals surface area contributed by atoms with Gasteiger partial charge in [0, 0.05) is 39.9 Å². The number of amides is 1. The number of hydrogen-bond donors (Lipinski definition) is 3. The van der Waals surface area contributed by atoms with E-state index in [-0.39, 0.29) is 29.7 Å². The molecule has 0 spiro atoms. The van der Waals surface area contributed by atoms with E-state index < -0.39 is 6.04 Å². The van der Waals surface area contributed by atoms with Crippen LogP contribution in [0.25, 0.3) is 0 Å². The monoisotopic (exact) mass is 512 g/mol. The standard InChI is InChI=1S/C24H22BrClN4O2/c1-13-8-19(31)17(10-18(13)26)21-20-22(29-28-21)24(32)30(12-14-4-3-7-27-11-14)23(20)15-5-2-6-16(25)9-15/h2-11,20-23,28-29,31H,12H2,1H3. The van der Waals surface area contributed by atoms with Crippen molar-refractivity contribution in [3.63, 3.8) is 0 Å². The van der Waals surface area contributed by atoms with Crippen LogP contribution in [0.3, 0.4) is 0 Å². The summed E-state index contributed by atoms with van der Waals surface area (Å²) in [4.78, 5) is 19.7. The molecule has 4 unspecified atom stereocenters. The predicted molar refractivity (Wildman–Crippen MR) is 126 cm³/mol. The minimum absolute atomic E-state index is 0.0107. The summed E-state index contributed by atoms with van der Waals surface area (Å²) in [6.07, 6.45) is 3.51. The molecule has 32 heavy (non-hydrogen) atoms. The summed E-state index contributed by atoms with van der Waals surface area (Å²) >= 11 is 9.97. The van der Waals surface area contributed by atoms with Crippen molar-refractivity contribution in [2.75, 3.05) is 0 Å². The number of nitrogens with one attached hydrogen (secondary N) is 2. The van der Waals surface area contributed by atoms with Crippen molar-refractivity contribution < 1.29 is 9.90 Å². The maximum Gasteiger partial charge on any atom is 0.242 e. The maximum absolute atomic E-state index is 13.5. The number of hydrazine groups is 1. The zero-order chi connectivity index (χ0) is 22.4. The second-order valence-corrected chi connectivity index (χ2v) is 9.63. The molecule has 0 bridgehead atoms. The van der Waals surface area contributed by atoms with Crippen LogP contribution in [0.1, 0.15) is 34.3 Å². The molecule has 8 heteroatoms. The number of nitrogens with zero attached hydrogens (tertiary/aromatic N) is 2. The molecule has 1 amide bonds. The number of aromatic hydroxyl groups is 1. The first kappa shape index (κ1) is 21.4. The number of aryl methyl sites for hydroxylation is 1. The molecule has 6 nitrogen and oxygen atoms in total. The largest absolute Gasteiger partial charge is 0.508 e. The fourth-order valence-corrected chi connectivity index (χ4v) is 5.44. The van der Waals surface area contributed by atoms with Gasteiger partial charge in [-0.15, -0.1) is 0 Å². The minimum atomic E-state index is -0.430. The van der Waals surface area contributed by atoms with Crippen LogP contribution in [-0.4, -0.2) is 26.9 Å². The summed E-state index contributed by atoms with van der Waals surface area (Å²) in [5.74, 6) is 0.0210. The van der Waals surface area contributed by atoms with E-state index in [2.05, 4.69) is 31.8 Å². The van der Waals surface area contributed by atoms with Gasteiger partial charge in [-0.3, -0.25) is 9.78 Å². The van der Waals surface area contributed by atoms with E-state index in [1.165, 1.54) is 0 Å². The Labute approximate surface area is 199 Å². The normalized spacial score (nSPS) is 24.7. The lowest BCUT2D eigenvalue weighted by Crippen LogP contribution is -2.41. The number of benzene rings is 2. The van der Waals surface area contributed by atoms with Gasteiger partial charge in [0.25, 0.3) is 0 Å². The molecular weight excluding hydrogens is 492 g/mol. The number of phenols is 1. The highest BCUT2D eigenvalue weighted by molar-refractivity contribution is 9.10. The lowest BCUT2D eigenvalue weighted by atomic mass is 9.83. The molecule has 5 rings (SSSR count). The third kappa shape index (κ3) is 3.69. The van der Waals surface area contributed by atoms with Crippen molar-refractivity contribution in [1.29, 1.82) is 0 Å². The van der Waals surface area contributed by atoms with Crippen LogP contribution in [0.2, 0.25) is 5.02 Å². The summed E-state index contributed by atoms with van der Waals surface area (Å²) in [6.45, 7) is 2.31. The summed E-state index contributed by atoms with van der Waals surface area (Å²) in [6, 6.07) is 14.4. The van der Waals surface area contributed by atoms with Crippen molar-refractivity contribution >= 4 is 33.4 Å². The number of carbonyl (C=O) groups is 1. The van der Waals surface area contributed by atoms with E-state index in [1.807, 2.05) is 48.2 Å². The molecule has 2 fully saturated rings. The van der Waals surface area contributed by atoms with Gasteiger partial charge in [-0.05, 0) is 53.9 Å². The number of halogens is 2. The Morgan fingerprint density at radius 3 is 2.72 bits per heavy atom. The molecule has 3 N–H and O–H groups in total. The van der Waals surface area contributed by atoms with Crippen LogP contribution < -0.4 is 10.9 Å². The minimum Gasteiger partial charge on any atom is -0.508 e. The number of pyridine rings is 1. The zero-order valence-corrected chi connectivity index (χ0v) is 19.6. The molecule has 2 saturated heterocycles. The van der Waals surface area contributed by atoms with Crippen LogP contribution >= 0.6 is 27.5 Å². The van der Waals surface area contributed by atoms with Gasteiger partial charge < -0.3 is 10.0 Å². The van der Waals surface area contributed by atoms with E-state index in [1.54, 1.807) is 24.5 Å². The van der Waals surface area contributed by atoms with Gasteiger partial charge >= 0.3 is 0 Å². The molecule has 4 atom stereocenters. The van der Waals surface area contributed by atoms with E-state index in [0.29, 0.717) is 17.1 Å². The average Bonchev–Trinajstić information content (AvgIpc) is 3.31. The van der Waals surface area contributed by atoms with Crippen LogP contribution in [0, 0.1) is 12.8 Å².